The molecular formula is C27H40. The van der Waals surface area contributed by atoms with E-state index in [-0.39, 0.29) is 21.7 Å². The quantitative estimate of drug-likeness (QED) is 0.508. The maximum absolute atomic E-state index is 2.41. The zero-order valence-corrected chi connectivity index (χ0v) is 19.5. The van der Waals surface area contributed by atoms with Gasteiger partial charge in [0.2, 0.25) is 0 Å². The molecule has 0 nitrogen and oxygen atoms in total. The Morgan fingerprint density at radius 2 is 0.741 bits per heavy atom. The first-order chi connectivity index (χ1) is 12.1. The Morgan fingerprint density at radius 1 is 0.407 bits per heavy atom. The average molecular weight is 365 g/mol. The number of hydrogen-bond acceptors (Lipinski definition) is 0. The van der Waals surface area contributed by atoms with Crippen LogP contribution in [0.25, 0.3) is 0 Å². The molecular weight excluding hydrogens is 324 g/mol. The summed E-state index contributed by atoms with van der Waals surface area (Å²) in [5.41, 5.74) is 7.56. The predicted octanol–water partition coefficient (Wildman–Crippen LogP) is 7.91. The third-order valence-electron chi connectivity index (χ3n) is 5.71. The van der Waals surface area contributed by atoms with Crippen LogP contribution in [0.1, 0.15) is 104 Å². The molecule has 0 aromatic heterocycles. The molecule has 0 aliphatic heterocycles. The number of hydrogen-bond donors (Lipinski definition) is 0. The van der Waals surface area contributed by atoms with Gasteiger partial charge in [-0.05, 0) is 44.1 Å². The fraction of sp³-hybridized carbons (Fsp3) is 0.556. The van der Waals surface area contributed by atoms with Crippen LogP contribution in [0.15, 0.2) is 42.5 Å². The van der Waals surface area contributed by atoms with Gasteiger partial charge in [0.05, 0.1) is 0 Å². The molecule has 2 aromatic rings. The first-order valence-electron chi connectivity index (χ1n) is 10.3. The van der Waals surface area contributed by atoms with Crippen LogP contribution in [0.4, 0.5) is 0 Å². The Labute approximate surface area is 168 Å². The Bertz CT molecular complexity index is 767. The topological polar surface area (TPSA) is 0 Å². The van der Waals surface area contributed by atoms with Crippen molar-refractivity contribution in [3.05, 3.63) is 70.3 Å². The van der Waals surface area contributed by atoms with E-state index in [1.165, 1.54) is 27.8 Å². The monoisotopic (exact) mass is 364 g/mol. The molecule has 0 N–H and O–H groups in total. The Balaban J connectivity index is 2.93. The highest BCUT2D eigenvalue weighted by molar-refractivity contribution is 5.54. The molecule has 0 aliphatic rings. The summed E-state index contributed by atoms with van der Waals surface area (Å²) < 4.78 is 0. The summed E-state index contributed by atoms with van der Waals surface area (Å²) in [5, 5.41) is 0. The summed E-state index contributed by atoms with van der Waals surface area (Å²) in [4.78, 5) is 0. The van der Waals surface area contributed by atoms with Crippen molar-refractivity contribution in [3.63, 3.8) is 0 Å². The first-order valence-corrected chi connectivity index (χ1v) is 10.3. The molecule has 0 atom stereocenters. The van der Waals surface area contributed by atoms with Gasteiger partial charge >= 0.3 is 0 Å². The third-order valence-corrected chi connectivity index (χ3v) is 5.71. The molecule has 0 heteroatoms. The van der Waals surface area contributed by atoms with E-state index < -0.39 is 0 Å². The Hall–Kier alpha value is -1.56. The highest BCUT2D eigenvalue weighted by atomic mass is 14.4. The largest absolute Gasteiger partial charge is 0.0620 e. The van der Waals surface area contributed by atoms with Crippen LogP contribution in [-0.2, 0) is 21.7 Å². The Kier molecular flexibility index (Phi) is 5.47. The van der Waals surface area contributed by atoms with Gasteiger partial charge in [0, 0.05) is 5.41 Å². The zero-order valence-electron chi connectivity index (χ0n) is 19.5. The van der Waals surface area contributed by atoms with E-state index in [1.807, 2.05) is 0 Å². The predicted molar refractivity (Wildman–Crippen MR) is 121 cm³/mol. The lowest BCUT2D eigenvalue weighted by molar-refractivity contribution is 0.502. The highest BCUT2D eigenvalue weighted by Gasteiger charge is 2.37. The molecule has 0 spiro atoms. The summed E-state index contributed by atoms with van der Waals surface area (Å²) in [6.07, 6.45) is 0. The average Bonchev–Trinajstić information content (AvgIpc) is 2.51. The van der Waals surface area contributed by atoms with E-state index in [9.17, 15) is 0 Å². The summed E-state index contributed by atoms with van der Waals surface area (Å²) >= 11 is 0. The molecule has 0 aliphatic carbocycles. The first kappa shape index (κ1) is 21.7. The molecule has 2 aromatic carbocycles. The summed E-state index contributed by atoms with van der Waals surface area (Å²) in [7, 11) is 0. The van der Waals surface area contributed by atoms with E-state index in [1.54, 1.807) is 0 Å². The fourth-order valence-electron chi connectivity index (χ4n) is 4.29. The summed E-state index contributed by atoms with van der Waals surface area (Å²) in [5.74, 6) is 0. The van der Waals surface area contributed by atoms with Crippen LogP contribution >= 0.6 is 0 Å². The van der Waals surface area contributed by atoms with Crippen LogP contribution in [0, 0.1) is 0 Å². The smallest absolute Gasteiger partial charge is 0.0155 e. The lowest BCUT2D eigenvalue weighted by Gasteiger charge is -2.40. The third kappa shape index (κ3) is 4.31. The molecule has 0 unspecified atom stereocenters. The van der Waals surface area contributed by atoms with Crippen molar-refractivity contribution >= 4 is 0 Å². The second kappa shape index (κ2) is 6.80. The van der Waals surface area contributed by atoms with Crippen molar-refractivity contribution in [1.82, 2.24) is 0 Å². The maximum atomic E-state index is 2.41. The molecule has 27 heavy (non-hydrogen) atoms. The van der Waals surface area contributed by atoms with Gasteiger partial charge in [-0.3, -0.25) is 0 Å². The van der Waals surface area contributed by atoms with E-state index in [0.717, 1.165) is 0 Å². The molecule has 0 radical (unpaired) electrons. The van der Waals surface area contributed by atoms with Gasteiger partial charge in [-0.15, -0.1) is 0 Å². The minimum absolute atomic E-state index is 0.0731. The van der Waals surface area contributed by atoms with Gasteiger partial charge in [-0.25, -0.2) is 0 Å². The van der Waals surface area contributed by atoms with Gasteiger partial charge in [0.1, 0.15) is 0 Å². The molecule has 0 fully saturated rings. The molecule has 0 saturated carbocycles. The van der Waals surface area contributed by atoms with Crippen molar-refractivity contribution in [2.24, 2.45) is 0 Å². The van der Waals surface area contributed by atoms with Crippen molar-refractivity contribution in [1.29, 1.82) is 0 Å². The number of benzene rings is 2. The zero-order chi connectivity index (χ0) is 20.8. The lowest BCUT2D eigenvalue weighted by Crippen LogP contribution is -2.32. The van der Waals surface area contributed by atoms with Crippen molar-refractivity contribution in [2.45, 2.75) is 97.8 Å². The van der Waals surface area contributed by atoms with Crippen molar-refractivity contribution < 1.29 is 0 Å². The normalized spacial score (nSPS) is 13.7. The van der Waals surface area contributed by atoms with E-state index in [0.29, 0.717) is 0 Å². The number of rotatable bonds is 2. The van der Waals surface area contributed by atoms with Gasteiger partial charge < -0.3 is 0 Å². The van der Waals surface area contributed by atoms with E-state index in [2.05, 4.69) is 119 Å². The highest BCUT2D eigenvalue weighted by Crippen LogP contribution is 2.46. The summed E-state index contributed by atoms with van der Waals surface area (Å²) in [6, 6.07) is 16.0. The van der Waals surface area contributed by atoms with Crippen LogP contribution in [0.2, 0.25) is 0 Å². The molecule has 2 rings (SSSR count). The van der Waals surface area contributed by atoms with Crippen LogP contribution in [0.5, 0.6) is 0 Å². The fourth-order valence-corrected chi connectivity index (χ4v) is 4.29. The van der Waals surface area contributed by atoms with Gasteiger partial charge in [0.25, 0.3) is 0 Å². The molecule has 0 saturated heterocycles. The minimum atomic E-state index is -0.0731. The molecule has 148 valence electrons. The van der Waals surface area contributed by atoms with Gasteiger partial charge in [-0.1, -0.05) is 119 Å². The minimum Gasteiger partial charge on any atom is -0.0620 e. The Morgan fingerprint density at radius 3 is 1.11 bits per heavy atom. The molecule has 0 heterocycles. The van der Waals surface area contributed by atoms with Crippen LogP contribution in [-0.4, -0.2) is 0 Å². The van der Waals surface area contributed by atoms with Crippen LogP contribution < -0.4 is 0 Å². The van der Waals surface area contributed by atoms with Crippen molar-refractivity contribution in [3.8, 4) is 0 Å². The SMILES string of the molecule is CC(C)(C)c1ccccc1C(C)(C)c1c(C(C)(C)C)cccc1C(C)(C)C. The van der Waals surface area contributed by atoms with E-state index >= 15 is 0 Å². The van der Waals surface area contributed by atoms with Crippen LogP contribution in [0.3, 0.4) is 0 Å². The maximum Gasteiger partial charge on any atom is 0.0155 e. The van der Waals surface area contributed by atoms with E-state index in [4.69, 9.17) is 0 Å². The van der Waals surface area contributed by atoms with Gasteiger partial charge in [-0.2, -0.15) is 0 Å². The molecule has 0 bridgehead atoms. The standard InChI is InChI=1S/C27H40/c1-24(2,3)19-15-12-13-16-20(19)27(10,11)23-21(25(4,5)6)17-14-18-22(23)26(7,8)9/h12-18H,1-11H3. The second-order valence-electron chi connectivity index (χ2n) is 11.6. The lowest BCUT2D eigenvalue weighted by atomic mass is 9.64. The van der Waals surface area contributed by atoms with Gasteiger partial charge in [0.15, 0.2) is 0 Å². The molecule has 0 amide bonds. The second-order valence-corrected chi connectivity index (χ2v) is 11.6. The van der Waals surface area contributed by atoms with Crippen molar-refractivity contribution in [2.75, 3.05) is 0 Å². The summed E-state index contributed by atoms with van der Waals surface area (Å²) in [6.45, 7) is 25.8.